The summed E-state index contributed by atoms with van der Waals surface area (Å²) in [5.41, 5.74) is 11.9. The van der Waals surface area contributed by atoms with Crippen molar-refractivity contribution < 1.29 is 15.0 Å². The first-order chi connectivity index (χ1) is 29.0. The SMILES string of the molecule is Cc1ccc2c(C)ccc(C(C)NC(C)c3c4[nH]c5c(C(C)NC(C)c6ccc(C)c7ccc(C)nc67)c(O)c(C)cc5c(-c5ccccc5C(=O)O)c-4cc(Cl)c3=O)c2n1. The number of aromatic amines is 1. The minimum Gasteiger partial charge on any atom is -0.507 e. The van der Waals surface area contributed by atoms with Crippen molar-refractivity contribution >= 4 is 50.3 Å². The van der Waals surface area contributed by atoms with Crippen molar-refractivity contribution in [2.75, 3.05) is 0 Å². The van der Waals surface area contributed by atoms with Crippen LogP contribution in [0.15, 0.2) is 89.7 Å². The van der Waals surface area contributed by atoms with Crippen LogP contribution in [0.25, 0.3) is 55.1 Å². The van der Waals surface area contributed by atoms with E-state index >= 15 is 0 Å². The van der Waals surface area contributed by atoms with Gasteiger partial charge in [0.05, 0.1) is 32.8 Å². The Balaban J connectivity index is 1.35. The lowest BCUT2D eigenvalue weighted by atomic mass is 9.84. The fraction of sp³-hybridized carbons (Fsp3) is 0.255. The van der Waals surface area contributed by atoms with Gasteiger partial charge in [-0.25, -0.2) is 4.79 Å². The number of aromatic nitrogens is 3. The maximum absolute atomic E-state index is 14.4. The molecule has 2 aliphatic rings. The zero-order valence-electron chi connectivity index (χ0n) is 35.9. The molecular formula is C51H50ClN5O4. The molecule has 4 unspecified atom stereocenters. The molecule has 5 N–H and O–H groups in total. The number of carboxylic acids is 1. The van der Waals surface area contributed by atoms with Crippen LogP contribution in [0.3, 0.4) is 0 Å². The Hall–Kier alpha value is -6.13. The smallest absolute Gasteiger partial charge is 0.336 e. The van der Waals surface area contributed by atoms with E-state index in [9.17, 15) is 19.8 Å². The summed E-state index contributed by atoms with van der Waals surface area (Å²) in [5, 5.41) is 32.8. The number of carbonyl (C=O) groups is 1. The molecule has 0 saturated heterocycles. The number of aryl methyl sites for hydroxylation is 5. The zero-order chi connectivity index (χ0) is 43.6. The van der Waals surface area contributed by atoms with Crippen molar-refractivity contribution in [2.45, 2.75) is 86.5 Å². The molecule has 8 rings (SSSR count). The summed E-state index contributed by atoms with van der Waals surface area (Å²) in [6, 6.07) is 25.5. The highest BCUT2D eigenvalue weighted by Gasteiger charge is 2.31. The van der Waals surface area contributed by atoms with Crippen LogP contribution in [0.4, 0.5) is 0 Å². The minimum atomic E-state index is -1.09. The number of phenols is 1. The first-order valence-electron chi connectivity index (χ1n) is 20.7. The molecular weight excluding hydrogens is 782 g/mol. The number of nitrogens with zero attached hydrogens (tertiary/aromatic N) is 2. The van der Waals surface area contributed by atoms with Gasteiger partial charge in [-0.2, -0.15) is 0 Å². The molecule has 6 aromatic rings. The van der Waals surface area contributed by atoms with Crippen molar-refractivity contribution in [1.82, 2.24) is 25.6 Å². The maximum atomic E-state index is 14.4. The number of H-pyrrole nitrogens is 1. The molecule has 2 aromatic heterocycles. The van der Waals surface area contributed by atoms with E-state index in [1.165, 1.54) is 0 Å². The fourth-order valence-electron chi connectivity index (χ4n) is 9.18. The van der Waals surface area contributed by atoms with Gasteiger partial charge in [0.1, 0.15) is 5.75 Å². The van der Waals surface area contributed by atoms with Crippen molar-refractivity contribution in [3.05, 3.63) is 156 Å². The number of aromatic hydroxyl groups is 1. The van der Waals surface area contributed by atoms with E-state index in [1.54, 1.807) is 30.3 Å². The number of rotatable bonds is 10. The van der Waals surface area contributed by atoms with Gasteiger partial charge >= 0.3 is 5.97 Å². The zero-order valence-corrected chi connectivity index (χ0v) is 36.6. The highest BCUT2D eigenvalue weighted by molar-refractivity contribution is 6.31. The standard InChI is InChI=1S/C51H50ClN5O4/c1-24-14-18-35(45-33(24)20-16-27(4)53-45)29(6)55-31(8)42-47-39(22-26(3)49(42)58)44(37-12-10-11-13-38(37)51(60)61)40-23-41(52)50(59)43(48(40)57-47)32(9)56-30(7)36-19-15-25(2)34-21-17-28(5)54-46(34)36/h10-23,29-32,55-58H,1-9H3,(H,60,61). The average Bonchev–Trinajstić information content (AvgIpc) is 3.21. The van der Waals surface area contributed by atoms with Gasteiger partial charge in [0.15, 0.2) is 0 Å². The van der Waals surface area contributed by atoms with E-state index in [0.29, 0.717) is 50.0 Å². The molecule has 0 amide bonds. The van der Waals surface area contributed by atoms with Crippen LogP contribution in [0.2, 0.25) is 5.02 Å². The van der Waals surface area contributed by atoms with Crippen LogP contribution in [0.5, 0.6) is 5.75 Å². The lowest BCUT2D eigenvalue weighted by molar-refractivity contribution is 0.0697. The molecule has 10 heteroatoms. The van der Waals surface area contributed by atoms with E-state index in [4.69, 9.17) is 21.6 Å². The van der Waals surface area contributed by atoms with Crippen molar-refractivity contribution in [3.8, 4) is 28.1 Å². The van der Waals surface area contributed by atoms with Gasteiger partial charge in [-0.3, -0.25) is 14.8 Å². The van der Waals surface area contributed by atoms with Crippen LogP contribution in [0, 0.1) is 34.6 Å². The van der Waals surface area contributed by atoms with Gasteiger partial charge in [-0.1, -0.05) is 66.2 Å². The quantitative estimate of drug-likeness (QED) is 0.0858. The summed E-state index contributed by atoms with van der Waals surface area (Å²) < 4.78 is 0. The normalized spacial score (nSPS) is 13.9. The molecule has 0 spiro atoms. The van der Waals surface area contributed by atoms with Crippen LogP contribution in [-0.4, -0.2) is 31.1 Å². The van der Waals surface area contributed by atoms with Gasteiger partial charge in [-0.05, 0) is 126 Å². The molecule has 0 bridgehead atoms. The Labute approximate surface area is 360 Å². The van der Waals surface area contributed by atoms with Crippen molar-refractivity contribution in [1.29, 1.82) is 0 Å². The van der Waals surface area contributed by atoms with Gasteiger partial charge in [0.2, 0.25) is 5.43 Å². The predicted octanol–water partition coefficient (Wildman–Crippen LogP) is 11.8. The van der Waals surface area contributed by atoms with E-state index in [-0.39, 0.29) is 33.8 Å². The van der Waals surface area contributed by atoms with Crippen molar-refractivity contribution in [2.24, 2.45) is 0 Å². The number of aromatic carboxylic acids is 1. The molecule has 1 aliphatic carbocycles. The summed E-state index contributed by atoms with van der Waals surface area (Å²) in [6.45, 7) is 18.0. The number of pyridine rings is 3. The summed E-state index contributed by atoms with van der Waals surface area (Å²) in [5.74, 6) is -1.01. The molecule has 9 nitrogen and oxygen atoms in total. The molecule has 3 heterocycles. The van der Waals surface area contributed by atoms with Crippen molar-refractivity contribution in [3.63, 3.8) is 0 Å². The number of halogens is 1. The molecule has 310 valence electrons. The van der Waals surface area contributed by atoms with E-state index in [2.05, 4.69) is 79.7 Å². The van der Waals surface area contributed by atoms with E-state index in [0.717, 1.165) is 55.4 Å². The average molecular weight is 832 g/mol. The molecule has 1 aliphatic heterocycles. The monoisotopic (exact) mass is 831 g/mol. The number of nitrogens with one attached hydrogen (secondary N) is 3. The number of carboxylic acid groups (broad SMARTS) is 1. The molecule has 0 fully saturated rings. The van der Waals surface area contributed by atoms with Crippen LogP contribution < -0.4 is 16.1 Å². The third-order valence-electron chi connectivity index (χ3n) is 12.3. The molecule has 61 heavy (non-hydrogen) atoms. The third kappa shape index (κ3) is 7.30. The Kier molecular flexibility index (Phi) is 10.9. The highest BCUT2D eigenvalue weighted by atomic mass is 35.5. The van der Waals surface area contributed by atoms with Gasteiger partial charge in [0.25, 0.3) is 0 Å². The second-order valence-corrected chi connectivity index (χ2v) is 17.0. The highest BCUT2D eigenvalue weighted by Crippen LogP contribution is 2.47. The van der Waals surface area contributed by atoms with E-state index in [1.807, 2.05) is 52.8 Å². The van der Waals surface area contributed by atoms with Crippen LogP contribution >= 0.6 is 11.6 Å². The van der Waals surface area contributed by atoms with E-state index < -0.39 is 18.1 Å². The van der Waals surface area contributed by atoms with Crippen LogP contribution in [0.1, 0.15) is 113 Å². The number of hydrogen-bond acceptors (Lipinski definition) is 7. The Morgan fingerprint density at radius 1 is 0.656 bits per heavy atom. The second kappa shape index (κ2) is 16.0. The van der Waals surface area contributed by atoms with Gasteiger partial charge in [0, 0.05) is 74.0 Å². The Morgan fingerprint density at radius 3 is 1.75 bits per heavy atom. The number of hydrogen-bond donors (Lipinski definition) is 5. The molecule has 4 aromatic carbocycles. The first kappa shape index (κ1) is 41.6. The molecule has 0 saturated carbocycles. The topological polar surface area (TPSA) is 140 Å². The molecule has 4 atom stereocenters. The fourth-order valence-corrected chi connectivity index (χ4v) is 9.39. The van der Waals surface area contributed by atoms with Gasteiger partial charge < -0.3 is 25.8 Å². The lowest BCUT2D eigenvalue weighted by Gasteiger charge is -2.28. The lowest BCUT2D eigenvalue weighted by Crippen LogP contribution is -2.29. The summed E-state index contributed by atoms with van der Waals surface area (Å²) in [7, 11) is 0. The largest absolute Gasteiger partial charge is 0.507 e. The maximum Gasteiger partial charge on any atom is 0.336 e. The second-order valence-electron chi connectivity index (χ2n) is 16.6. The Morgan fingerprint density at radius 2 is 1.20 bits per heavy atom. The third-order valence-corrected chi connectivity index (χ3v) is 12.6. The first-order valence-corrected chi connectivity index (χ1v) is 21.1. The predicted molar refractivity (Wildman–Crippen MR) is 247 cm³/mol. The summed E-state index contributed by atoms with van der Waals surface area (Å²) in [4.78, 5) is 40.8. The summed E-state index contributed by atoms with van der Waals surface area (Å²) in [6.07, 6.45) is 0. The minimum absolute atomic E-state index is 0.0115. The molecule has 0 radical (unpaired) electrons. The Bertz CT molecular complexity index is 3100. The van der Waals surface area contributed by atoms with Gasteiger partial charge in [-0.15, -0.1) is 0 Å². The van der Waals surface area contributed by atoms with Crippen LogP contribution in [-0.2, 0) is 0 Å². The number of benzene rings is 5. The summed E-state index contributed by atoms with van der Waals surface area (Å²) >= 11 is 6.90. The number of phenolic OH excluding ortho intramolecular Hbond substituents is 1. The number of fused-ring (bicyclic) bond motifs is 4.